The quantitative estimate of drug-likeness (QED) is 0.694. The predicted octanol–water partition coefficient (Wildman–Crippen LogP) is 3.31. The highest BCUT2D eigenvalue weighted by molar-refractivity contribution is 5.18. The molecule has 0 amide bonds. The third kappa shape index (κ3) is 2.81. The van der Waals surface area contributed by atoms with Crippen LogP contribution in [0.1, 0.15) is 31.4 Å². The zero-order valence-electron chi connectivity index (χ0n) is 8.09. The van der Waals surface area contributed by atoms with Crippen molar-refractivity contribution in [1.82, 2.24) is 0 Å². The maximum atomic E-state index is 12.6. The minimum atomic E-state index is -0.199. The Bertz CT molecular complexity index is 243. The summed E-state index contributed by atoms with van der Waals surface area (Å²) in [6, 6.07) is 6.49. The number of ether oxygens (including phenoxy) is 1. The van der Waals surface area contributed by atoms with Gasteiger partial charge in [0.2, 0.25) is 0 Å². The lowest BCUT2D eigenvalue weighted by Crippen LogP contribution is -2.00. The molecule has 2 heteroatoms. The van der Waals surface area contributed by atoms with Crippen molar-refractivity contribution in [1.29, 1.82) is 0 Å². The molecule has 1 nitrogen and oxygen atoms in total. The third-order valence-electron chi connectivity index (χ3n) is 2.08. The Hall–Kier alpha value is -0.890. The maximum absolute atomic E-state index is 12.6. The predicted molar refractivity (Wildman–Crippen MR) is 51.1 cm³/mol. The number of hydrogen-bond donors (Lipinski definition) is 0. The average molecular weight is 182 g/mol. The highest BCUT2D eigenvalue weighted by atomic mass is 19.1. The highest BCUT2D eigenvalue weighted by Gasteiger charge is 2.08. The molecule has 0 aliphatic carbocycles. The molecule has 0 aliphatic heterocycles. The lowest BCUT2D eigenvalue weighted by Gasteiger charge is -2.14. The van der Waals surface area contributed by atoms with E-state index in [1.54, 1.807) is 19.2 Å². The summed E-state index contributed by atoms with van der Waals surface area (Å²) >= 11 is 0. The first-order chi connectivity index (χ1) is 6.27. The second kappa shape index (κ2) is 4.97. The van der Waals surface area contributed by atoms with Crippen LogP contribution < -0.4 is 0 Å². The Morgan fingerprint density at radius 2 is 1.92 bits per heavy atom. The van der Waals surface area contributed by atoms with Gasteiger partial charge in [-0.3, -0.25) is 0 Å². The van der Waals surface area contributed by atoms with E-state index in [1.165, 1.54) is 12.1 Å². The van der Waals surface area contributed by atoms with Crippen molar-refractivity contribution < 1.29 is 9.13 Å². The molecule has 0 aromatic heterocycles. The number of halogens is 1. The third-order valence-corrected chi connectivity index (χ3v) is 2.08. The Morgan fingerprint density at radius 3 is 2.38 bits per heavy atom. The minimum Gasteiger partial charge on any atom is -0.377 e. The molecule has 1 aromatic carbocycles. The van der Waals surface area contributed by atoms with E-state index < -0.39 is 0 Å². The van der Waals surface area contributed by atoms with Crippen LogP contribution in [-0.2, 0) is 4.74 Å². The smallest absolute Gasteiger partial charge is 0.123 e. The molecule has 0 saturated carbocycles. The summed E-state index contributed by atoms with van der Waals surface area (Å²) in [6.07, 6.45) is 2.14. The fourth-order valence-electron chi connectivity index (χ4n) is 1.36. The van der Waals surface area contributed by atoms with Crippen LogP contribution in [0, 0.1) is 5.82 Å². The summed E-state index contributed by atoms with van der Waals surface area (Å²) in [5.41, 5.74) is 1.05. The van der Waals surface area contributed by atoms with Crippen LogP contribution >= 0.6 is 0 Å². The van der Waals surface area contributed by atoms with Crippen LogP contribution in [-0.4, -0.2) is 7.11 Å². The zero-order valence-corrected chi connectivity index (χ0v) is 8.09. The van der Waals surface area contributed by atoms with E-state index in [-0.39, 0.29) is 11.9 Å². The van der Waals surface area contributed by atoms with Crippen LogP contribution in [0.15, 0.2) is 24.3 Å². The van der Waals surface area contributed by atoms with Crippen LogP contribution in [0.25, 0.3) is 0 Å². The van der Waals surface area contributed by atoms with Gasteiger partial charge in [-0.05, 0) is 24.1 Å². The standard InChI is InChI=1S/C11H15FO/c1-3-4-11(13-2)9-5-7-10(12)8-6-9/h5-8,11H,3-4H2,1-2H3. The molecular formula is C11H15FO. The van der Waals surface area contributed by atoms with Gasteiger partial charge in [-0.1, -0.05) is 25.5 Å². The molecule has 1 rings (SSSR count). The number of hydrogen-bond acceptors (Lipinski definition) is 1. The SMILES string of the molecule is CCCC(OC)c1ccc(F)cc1. The van der Waals surface area contributed by atoms with Crippen molar-refractivity contribution in [3.05, 3.63) is 35.6 Å². The van der Waals surface area contributed by atoms with Gasteiger partial charge < -0.3 is 4.74 Å². The van der Waals surface area contributed by atoms with Crippen molar-refractivity contribution in [2.24, 2.45) is 0 Å². The van der Waals surface area contributed by atoms with E-state index in [2.05, 4.69) is 6.92 Å². The van der Waals surface area contributed by atoms with Crippen LogP contribution in [0.3, 0.4) is 0 Å². The van der Waals surface area contributed by atoms with E-state index in [1.807, 2.05) is 0 Å². The first kappa shape index (κ1) is 10.2. The average Bonchev–Trinajstić information content (AvgIpc) is 2.16. The molecule has 0 bridgehead atoms. The topological polar surface area (TPSA) is 9.23 Å². The van der Waals surface area contributed by atoms with Crippen LogP contribution in [0.2, 0.25) is 0 Å². The molecule has 1 atom stereocenters. The van der Waals surface area contributed by atoms with Crippen molar-refractivity contribution in [2.45, 2.75) is 25.9 Å². The molecule has 0 fully saturated rings. The second-order valence-electron chi connectivity index (χ2n) is 3.06. The molecule has 13 heavy (non-hydrogen) atoms. The Balaban J connectivity index is 2.73. The highest BCUT2D eigenvalue weighted by Crippen LogP contribution is 2.21. The van der Waals surface area contributed by atoms with Crippen LogP contribution in [0.4, 0.5) is 4.39 Å². The van der Waals surface area contributed by atoms with Gasteiger partial charge in [-0.15, -0.1) is 0 Å². The number of methoxy groups -OCH3 is 1. The molecule has 1 aromatic rings. The Kier molecular flexibility index (Phi) is 3.90. The zero-order chi connectivity index (χ0) is 9.68. The van der Waals surface area contributed by atoms with Gasteiger partial charge in [0.1, 0.15) is 5.82 Å². The first-order valence-corrected chi connectivity index (χ1v) is 4.56. The molecule has 72 valence electrons. The largest absolute Gasteiger partial charge is 0.377 e. The molecule has 0 radical (unpaired) electrons. The van der Waals surface area contributed by atoms with E-state index in [9.17, 15) is 4.39 Å². The fraction of sp³-hybridized carbons (Fsp3) is 0.455. The summed E-state index contributed by atoms with van der Waals surface area (Å²) in [5, 5.41) is 0. The van der Waals surface area contributed by atoms with Gasteiger partial charge in [0.15, 0.2) is 0 Å². The molecule has 0 N–H and O–H groups in total. The molecule has 0 aliphatic rings. The molecular weight excluding hydrogens is 167 g/mol. The van der Waals surface area contributed by atoms with Crippen LogP contribution in [0.5, 0.6) is 0 Å². The lowest BCUT2D eigenvalue weighted by atomic mass is 10.1. The summed E-state index contributed by atoms with van der Waals surface area (Å²) in [4.78, 5) is 0. The Morgan fingerprint density at radius 1 is 1.31 bits per heavy atom. The van der Waals surface area contributed by atoms with E-state index >= 15 is 0 Å². The molecule has 0 saturated heterocycles. The fourth-order valence-corrected chi connectivity index (χ4v) is 1.36. The number of rotatable bonds is 4. The number of benzene rings is 1. The van der Waals surface area contributed by atoms with Gasteiger partial charge in [-0.25, -0.2) is 4.39 Å². The maximum Gasteiger partial charge on any atom is 0.123 e. The van der Waals surface area contributed by atoms with Crippen molar-refractivity contribution >= 4 is 0 Å². The van der Waals surface area contributed by atoms with Gasteiger partial charge in [-0.2, -0.15) is 0 Å². The van der Waals surface area contributed by atoms with Gasteiger partial charge in [0, 0.05) is 7.11 Å². The van der Waals surface area contributed by atoms with Crippen molar-refractivity contribution in [3.8, 4) is 0 Å². The summed E-state index contributed by atoms with van der Waals surface area (Å²) < 4.78 is 17.9. The van der Waals surface area contributed by atoms with Crippen molar-refractivity contribution in [3.63, 3.8) is 0 Å². The van der Waals surface area contributed by atoms with Gasteiger partial charge >= 0.3 is 0 Å². The van der Waals surface area contributed by atoms with E-state index in [0.717, 1.165) is 18.4 Å². The second-order valence-corrected chi connectivity index (χ2v) is 3.06. The van der Waals surface area contributed by atoms with E-state index in [4.69, 9.17) is 4.74 Å². The minimum absolute atomic E-state index is 0.102. The lowest BCUT2D eigenvalue weighted by molar-refractivity contribution is 0.0949. The van der Waals surface area contributed by atoms with E-state index in [0.29, 0.717) is 0 Å². The Labute approximate surface area is 78.5 Å². The first-order valence-electron chi connectivity index (χ1n) is 4.56. The van der Waals surface area contributed by atoms with Gasteiger partial charge in [0.25, 0.3) is 0 Å². The normalized spacial score (nSPS) is 12.8. The summed E-state index contributed by atoms with van der Waals surface area (Å²) in [7, 11) is 1.68. The molecule has 0 heterocycles. The molecule has 0 spiro atoms. The van der Waals surface area contributed by atoms with Crippen molar-refractivity contribution in [2.75, 3.05) is 7.11 Å². The van der Waals surface area contributed by atoms with Gasteiger partial charge in [0.05, 0.1) is 6.10 Å². The summed E-state index contributed by atoms with van der Waals surface area (Å²) in [6.45, 7) is 2.11. The summed E-state index contributed by atoms with van der Waals surface area (Å²) in [5.74, 6) is -0.199. The molecule has 1 unspecified atom stereocenters. The monoisotopic (exact) mass is 182 g/mol.